The van der Waals surface area contributed by atoms with Crippen molar-refractivity contribution in [2.45, 2.75) is 45.2 Å². The van der Waals surface area contributed by atoms with Crippen LogP contribution in [0.1, 0.15) is 44.0 Å². The molecule has 1 aromatic heterocycles. The van der Waals surface area contributed by atoms with E-state index in [1.54, 1.807) is 6.20 Å². The normalized spacial score (nSPS) is 19.0. The summed E-state index contributed by atoms with van der Waals surface area (Å²) in [5.41, 5.74) is 0.603. The van der Waals surface area contributed by atoms with Crippen LogP contribution in [0, 0.1) is 0 Å². The summed E-state index contributed by atoms with van der Waals surface area (Å²) in [6.07, 6.45) is 5.71. The Morgan fingerprint density at radius 1 is 1.50 bits per heavy atom. The SMILES string of the molecule is CNCC1CCCN1C(=O)c1cnn(C(C)(C)C)c1.Cl. The minimum atomic E-state index is -0.0894. The smallest absolute Gasteiger partial charge is 0.257 e. The third-order valence-electron chi connectivity index (χ3n) is 3.59. The van der Waals surface area contributed by atoms with Crippen LogP contribution in [-0.4, -0.2) is 46.8 Å². The quantitative estimate of drug-likeness (QED) is 0.927. The van der Waals surface area contributed by atoms with Crippen LogP contribution in [0.25, 0.3) is 0 Å². The molecule has 0 spiro atoms. The van der Waals surface area contributed by atoms with Gasteiger partial charge in [0, 0.05) is 25.3 Å². The van der Waals surface area contributed by atoms with Gasteiger partial charge in [-0.15, -0.1) is 12.4 Å². The largest absolute Gasteiger partial charge is 0.334 e. The molecule has 0 bridgehead atoms. The Hall–Kier alpha value is -1.07. The van der Waals surface area contributed by atoms with E-state index in [4.69, 9.17) is 0 Å². The van der Waals surface area contributed by atoms with Gasteiger partial charge >= 0.3 is 0 Å². The average Bonchev–Trinajstić information content (AvgIpc) is 2.96. The fourth-order valence-corrected chi connectivity index (χ4v) is 2.52. The first-order chi connectivity index (χ1) is 8.93. The van der Waals surface area contributed by atoms with E-state index in [2.05, 4.69) is 31.2 Å². The molecule has 0 saturated carbocycles. The van der Waals surface area contributed by atoms with Gasteiger partial charge in [0.15, 0.2) is 0 Å². The van der Waals surface area contributed by atoms with Crippen LogP contribution < -0.4 is 5.32 Å². The number of aromatic nitrogens is 2. The molecule has 1 atom stereocenters. The van der Waals surface area contributed by atoms with E-state index in [1.807, 2.05) is 22.8 Å². The van der Waals surface area contributed by atoms with Gasteiger partial charge < -0.3 is 10.2 Å². The molecule has 0 aromatic carbocycles. The van der Waals surface area contributed by atoms with Gasteiger partial charge in [-0.25, -0.2) is 0 Å². The standard InChI is InChI=1S/C14H24N4O.ClH/c1-14(2,3)18-10-11(8-16-18)13(19)17-7-5-6-12(17)9-15-4;/h8,10,12,15H,5-7,9H2,1-4H3;1H. The number of carbonyl (C=O) groups excluding carboxylic acids is 1. The molecule has 20 heavy (non-hydrogen) atoms. The summed E-state index contributed by atoms with van der Waals surface area (Å²) in [5, 5.41) is 7.47. The van der Waals surface area contributed by atoms with Crippen LogP contribution in [-0.2, 0) is 5.54 Å². The van der Waals surface area contributed by atoms with Crippen molar-refractivity contribution in [3.63, 3.8) is 0 Å². The Kier molecular flexibility index (Phi) is 5.59. The number of likely N-dealkylation sites (tertiary alicyclic amines) is 1. The van der Waals surface area contributed by atoms with E-state index < -0.39 is 0 Å². The predicted octanol–water partition coefficient (Wildman–Crippen LogP) is 1.88. The highest BCUT2D eigenvalue weighted by Gasteiger charge is 2.30. The molecule has 1 N–H and O–H groups in total. The second-order valence-corrected chi connectivity index (χ2v) is 6.20. The van der Waals surface area contributed by atoms with Gasteiger partial charge in [-0.2, -0.15) is 5.10 Å². The Labute approximate surface area is 127 Å². The fraction of sp³-hybridized carbons (Fsp3) is 0.714. The van der Waals surface area contributed by atoms with E-state index in [0.29, 0.717) is 11.6 Å². The highest BCUT2D eigenvalue weighted by molar-refractivity contribution is 5.94. The van der Waals surface area contributed by atoms with E-state index in [9.17, 15) is 4.79 Å². The Morgan fingerprint density at radius 3 is 2.75 bits per heavy atom. The summed E-state index contributed by atoms with van der Waals surface area (Å²) in [6.45, 7) is 7.95. The van der Waals surface area contributed by atoms with Crippen LogP contribution in [0.4, 0.5) is 0 Å². The van der Waals surface area contributed by atoms with E-state index in [0.717, 1.165) is 25.9 Å². The third kappa shape index (κ3) is 3.52. The third-order valence-corrected chi connectivity index (χ3v) is 3.59. The average molecular weight is 301 g/mol. The number of nitrogens with one attached hydrogen (secondary N) is 1. The molecular weight excluding hydrogens is 276 g/mol. The molecular formula is C14H25ClN4O. The molecule has 0 aliphatic carbocycles. The molecule has 1 saturated heterocycles. The predicted molar refractivity (Wildman–Crippen MR) is 82.5 cm³/mol. The number of amides is 1. The lowest BCUT2D eigenvalue weighted by atomic mass is 10.1. The first-order valence-corrected chi connectivity index (χ1v) is 6.94. The first kappa shape index (κ1) is 17.0. The van der Waals surface area contributed by atoms with Crippen LogP contribution in [0.5, 0.6) is 0 Å². The number of carbonyl (C=O) groups is 1. The molecule has 1 aliphatic heterocycles. The second kappa shape index (κ2) is 6.59. The minimum Gasteiger partial charge on any atom is -0.334 e. The zero-order valence-corrected chi connectivity index (χ0v) is 13.5. The summed E-state index contributed by atoms with van der Waals surface area (Å²) in [7, 11) is 1.93. The summed E-state index contributed by atoms with van der Waals surface area (Å²) in [4.78, 5) is 14.5. The fourth-order valence-electron chi connectivity index (χ4n) is 2.52. The van der Waals surface area contributed by atoms with Gasteiger partial charge in [0.2, 0.25) is 0 Å². The highest BCUT2D eigenvalue weighted by atomic mass is 35.5. The van der Waals surface area contributed by atoms with Crippen molar-refractivity contribution >= 4 is 18.3 Å². The van der Waals surface area contributed by atoms with Crippen molar-refractivity contribution in [1.82, 2.24) is 20.0 Å². The monoisotopic (exact) mass is 300 g/mol. The molecule has 0 radical (unpaired) electrons. The van der Waals surface area contributed by atoms with E-state index >= 15 is 0 Å². The number of hydrogen-bond donors (Lipinski definition) is 1. The molecule has 1 aliphatic rings. The summed E-state index contributed by atoms with van der Waals surface area (Å²) < 4.78 is 1.85. The van der Waals surface area contributed by atoms with Crippen molar-refractivity contribution in [3.05, 3.63) is 18.0 Å². The van der Waals surface area contributed by atoms with Crippen LogP contribution in [0.3, 0.4) is 0 Å². The van der Waals surface area contributed by atoms with Crippen LogP contribution >= 0.6 is 12.4 Å². The molecule has 114 valence electrons. The summed E-state index contributed by atoms with van der Waals surface area (Å²) >= 11 is 0. The maximum atomic E-state index is 12.5. The topological polar surface area (TPSA) is 50.2 Å². The van der Waals surface area contributed by atoms with Gasteiger partial charge in [-0.05, 0) is 40.7 Å². The second-order valence-electron chi connectivity index (χ2n) is 6.20. The van der Waals surface area contributed by atoms with Crippen molar-refractivity contribution in [2.24, 2.45) is 0 Å². The molecule has 1 amide bonds. The maximum Gasteiger partial charge on any atom is 0.257 e. The van der Waals surface area contributed by atoms with Crippen molar-refractivity contribution in [1.29, 1.82) is 0 Å². The molecule has 6 heteroatoms. The van der Waals surface area contributed by atoms with Gasteiger partial charge in [-0.3, -0.25) is 9.48 Å². The van der Waals surface area contributed by atoms with Gasteiger partial charge in [0.1, 0.15) is 0 Å². The van der Waals surface area contributed by atoms with Crippen molar-refractivity contribution in [3.8, 4) is 0 Å². The lowest BCUT2D eigenvalue weighted by molar-refractivity contribution is 0.0737. The molecule has 5 nitrogen and oxygen atoms in total. The van der Waals surface area contributed by atoms with Gasteiger partial charge in [-0.1, -0.05) is 0 Å². The molecule has 2 rings (SSSR count). The van der Waals surface area contributed by atoms with Gasteiger partial charge in [0.05, 0.1) is 17.3 Å². The van der Waals surface area contributed by atoms with Crippen molar-refractivity contribution < 1.29 is 4.79 Å². The zero-order valence-electron chi connectivity index (χ0n) is 12.7. The summed E-state index contributed by atoms with van der Waals surface area (Å²) in [6, 6.07) is 0.315. The van der Waals surface area contributed by atoms with E-state index in [1.165, 1.54) is 0 Å². The van der Waals surface area contributed by atoms with Crippen molar-refractivity contribution in [2.75, 3.05) is 20.1 Å². The lowest BCUT2D eigenvalue weighted by Gasteiger charge is -2.24. The van der Waals surface area contributed by atoms with E-state index in [-0.39, 0.29) is 23.9 Å². The first-order valence-electron chi connectivity index (χ1n) is 6.94. The molecule has 1 fully saturated rings. The Balaban J connectivity index is 0.00000200. The molecule has 1 aromatic rings. The number of rotatable bonds is 3. The zero-order chi connectivity index (χ0) is 14.0. The summed E-state index contributed by atoms with van der Waals surface area (Å²) in [5.74, 6) is 0.105. The maximum absolute atomic E-state index is 12.5. The lowest BCUT2D eigenvalue weighted by Crippen LogP contribution is -2.40. The number of halogens is 1. The number of nitrogens with zero attached hydrogens (tertiary/aromatic N) is 3. The van der Waals surface area contributed by atoms with Gasteiger partial charge in [0.25, 0.3) is 5.91 Å². The number of likely N-dealkylation sites (N-methyl/N-ethyl adjacent to an activating group) is 1. The Morgan fingerprint density at radius 2 is 2.20 bits per heavy atom. The Bertz CT molecular complexity index is 452. The van der Waals surface area contributed by atoms with Crippen LogP contribution in [0.2, 0.25) is 0 Å². The molecule has 2 heterocycles. The number of hydrogen-bond acceptors (Lipinski definition) is 3. The minimum absolute atomic E-state index is 0. The molecule has 1 unspecified atom stereocenters. The highest BCUT2D eigenvalue weighted by Crippen LogP contribution is 2.20. The van der Waals surface area contributed by atoms with Crippen LogP contribution in [0.15, 0.2) is 12.4 Å².